The Hall–Kier alpha value is -1.88. The molecule has 1 amide bonds. The molecule has 0 bridgehead atoms. The lowest BCUT2D eigenvalue weighted by molar-refractivity contribution is -0.157. The van der Waals surface area contributed by atoms with Crippen molar-refractivity contribution >= 4 is 11.9 Å². The van der Waals surface area contributed by atoms with Gasteiger partial charge in [-0.05, 0) is 25.5 Å². The highest BCUT2D eigenvalue weighted by Crippen LogP contribution is 2.42. The van der Waals surface area contributed by atoms with Crippen LogP contribution in [0.5, 0.6) is 0 Å². The van der Waals surface area contributed by atoms with E-state index in [2.05, 4.69) is 0 Å². The van der Waals surface area contributed by atoms with Crippen LogP contribution in [-0.4, -0.2) is 48.2 Å². The molecule has 1 aromatic rings. The Bertz CT molecular complexity index is 568. The van der Waals surface area contributed by atoms with Gasteiger partial charge >= 0.3 is 5.97 Å². The van der Waals surface area contributed by atoms with Crippen molar-refractivity contribution in [2.45, 2.75) is 13.3 Å². The van der Waals surface area contributed by atoms with Gasteiger partial charge in [0.05, 0.1) is 12.0 Å². The minimum Gasteiger partial charge on any atom is -0.481 e. The Kier molecular flexibility index (Phi) is 3.45. The molecule has 5 nitrogen and oxygen atoms in total. The Morgan fingerprint density at radius 2 is 2.05 bits per heavy atom. The summed E-state index contributed by atoms with van der Waals surface area (Å²) in [5.74, 6) is -1.02. The van der Waals surface area contributed by atoms with Crippen molar-refractivity contribution in [1.82, 2.24) is 4.90 Å². The van der Waals surface area contributed by atoms with Gasteiger partial charge in [0.25, 0.3) is 5.91 Å². The molecule has 2 fully saturated rings. The van der Waals surface area contributed by atoms with Gasteiger partial charge in [-0.2, -0.15) is 0 Å². The highest BCUT2D eigenvalue weighted by Gasteiger charge is 2.54. The fraction of sp³-hybridized carbons (Fsp3) is 0.500. The molecule has 3 rings (SSSR count). The van der Waals surface area contributed by atoms with Gasteiger partial charge in [-0.3, -0.25) is 9.59 Å². The maximum Gasteiger partial charge on any atom is 0.311 e. The molecule has 2 aliphatic rings. The Labute approximate surface area is 123 Å². The topological polar surface area (TPSA) is 66.8 Å². The van der Waals surface area contributed by atoms with Crippen molar-refractivity contribution in [3.05, 3.63) is 35.4 Å². The SMILES string of the molecule is Cc1ccc(C(=O)N2C[C@H]3COCC[C@@]3(C(=O)O)C2)cc1. The summed E-state index contributed by atoms with van der Waals surface area (Å²) >= 11 is 0. The number of fused-ring (bicyclic) bond motifs is 1. The van der Waals surface area contributed by atoms with E-state index in [0.717, 1.165) is 5.56 Å². The predicted octanol–water partition coefficient (Wildman–Crippen LogP) is 1.56. The minimum absolute atomic E-state index is 0.0926. The number of aliphatic carboxylic acids is 1. The molecule has 21 heavy (non-hydrogen) atoms. The lowest BCUT2D eigenvalue weighted by atomic mass is 9.74. The number of aryl methyl sites for hydroxylation is 1. The van der Waals surface area contributed by atoms with Crippen LogP contribution in [-0.2, 0) is 9.53 Å². The van der Waals surface area contributed by atoms with Crippen LogP contribution in [0.4, 0.5) is 0 Å². The molecule has 2 saturated heterocycles. The molecule has 0 aliphatic carbocycles. The van der Waals surface area contributed by atoms with Crippen molar-refractivity contribution in [2.24, 2.45) is 11.3 Å². The second-order valence-electron chi connectivity index (χ2n) is 6.03. The third-order valence-corrected chi connectivity index (χ3v) is 4.72. The second-order valence-corrected chi connectivity index (χ2v) is 6.03. The van der Waals surface area contributed by atoms with Crippen molar-refractivity contribution in [1.29, 1.82) is 0 Å². The maximum absolute atomic E-state index is 12.6. The van der Waals surface area contributed by atoms with E-state index in [-0.39, 0.29) is 18.4 Å². The van der Waals surface area contributed by atoms with Crippen LogP contribution in [0.3, 0.4) is 0 Å². The first-order valence-corrected chi connectivity index (χ1v) is 7.20. The number of likely N-dealkylation sites (tertiary alicyclic amines) is 1. The quantitative estimate of drug-likeness (QED) is 0.897. The van der Waals surface area contributed by atoms with Crippen molar-refractivity contribution < 1.29 is 19.4 Å². The zero-order valence-electron chi connectivity index (χ0n) is 12.0. The zero-order chi connectivity index (χ0) is 15.0. The highest BCUT2D eigenvalue weighted by molar-refractivity contribution is 5.95. The fourth-order valence-corrected chi connectivity index (χ4v) is 3.33. The standard InChI is InChI=1S/C16H19NO4/c1-11-2-4-12(5-3-11)14(18)17-8-13-9-21-7-6-16(13,10-17)15(19)20/h2-5,13H,6-10H2,1H3,(H,19,20)/t13-,16+/m0/s1. The number of nitrogens with zero attached hydrogens (tertiary/aromatic N) is 1. The molecule has 2 atom stereocenters. The summed E-state index contributed by atoms with van der Waals surface area (Å²) < 4.78 is 5.41. The number of hydrogen-bond acceptors (Lipinski definition) is 3. The predicted molar refractivity (Wildman–Crippen MR) is 76.1 cm³/mol. The first-order valence-electron chi connectivity index (χ1n) is 7.20. The maximum atomic E-state index is 12.6. The average molecular weight is 289 g/mol. The number of carboxylic acids is 1. The van der Waals surface area contributed by atoms with Gasteiger partial charge in [0.15, 0.2) is 0 Å². The van der Waals surface area contributed by atoms with Crippen LogP contribution >= 0.6 is 0 Å². The third-order valence-electron chi connectivity index (χ3n) is 4.72. The Morgan fingerprint density at radius 1 is 1.33 bits per heavy atom. The molecule has 5 heteroatoms. The number of carbonyl (C=O) groups is 2. The van der Waals surface area contributed by atoms with E-state index in [1.54, 1.807) is 17.0 Å². The Morgan fingerprint density at radius 3 is 2.67 bits per heavy atom. The van der Waals surface area contributed by atoms with Gasteiger partial charge in [0, 0.05) is 31.2 Å². The van der Waals surface area contributed by atoms with Crippen LogP contribution in [0.15, 0.2) is 24.3 Å². The minimum atomic E-state index is -0.835. The fourth-order valence-electron chi connectivity index (χ4n) is 3.33. The van der Waals surface area contributed by atoms with E-state index in [9.17, 15) is 14.7 Å². The molecule has 112 valence electrons. The van der Waals surface area contributed by atoms with Crippen LogP contribution in [0.1, 0.15) is 22.3 Å². The summed E-state index contributed by atoms with van der Waals surface area (Å²) in [6.07, 6.45) is 0.477. The number of carboxylic acid groups (broad SMARTS) is 1. The number of hydrogen-bond donors (Lipinski definition) is 1. The molecule has 1 N–H and O–H groups in total. The van der Waals surface area contributed by atoms with E-state index >= 15 is 0 Å². The van der Waals surface area contributed by atoms with Crippen LogP contribution in [0.25, 0.3) is 0 Å². The Balaban J connectivity index is 1.83. The van der Waals surface area contributed by atoms with Crippen molar-refractivity contribution in [3.8, 4) is 0 Å². The number of ether oxygens (including phenoxy) is 1. The number of rotatable bonds is 2. The smallest absolute Gasteiger partial charge is 0.311 e. The molecule has 0 spiro atoms. The molecule has 1 aromatic carbocycles. The van der Waals surface area contributed by atoms with Crippen LogP contribution < -0.4 is 0 Å². The van der Waals surface area contributed by atoms with E-state index < -0.39 is 11.4 Å². The molecule has 2 heterocycles. The number of carbonyl (C=O) groups excluding carboxylic acids is 1. The second kappa shape index (κ2) is 5.15. The van der Waals surface area contributed by atoms with E-state index in [1.807, 2.05) is 19.1 Å². The van der Waals surface area contributed by atoms with Crippen LogP contribution in [0, 0.1) is 18.3 Å². The van der Waals surface area contributed by atoms with Gasteiger partial charge in [-0.25, -0.2) is 0 Å². The molecule has 0 radical (unpaired) electrons. The molecule has 0 aromatic heterocycles. The third kappa shape index (κ3) is 2.31. The molecule has 2 aliphatic heterocycles. The van der Waals surface area contributed by atoms with Gasteiger partial charge in [0.1, 0.15) is 0 Å². The van der Waals surface area contributed by atoms with Gasteiger partial charge in [-0.1, -0.05) is 17.7 Å². The summed E-state index contributed by atoms with van der Waals surface area (Å²) in [6.45, 7) is 3.58. The van der Waals surface area contributed by atoms with E-state index in [1.165, 1.54) is 0 Å². The van der Waals surface area contributed by atoms with Gasteiger partial charge in [0.2, 0.25) is 0 Å². The largest absolute Gasteiger partial charge is 0.481 e. The summed E-state index contributed by atoms with van der Waals surface area (Å²) in [7, 11) is 0. The average Bonchev–Trinajstić information content (AvgIpc) is 2.88. The van der Waals surface area contributed by atoms with E-state index in [0.29, 0.717) is 31.7 Å². The normalized spacial score (nSPS) is 28.2. The molecular formula is C16H19NO4. The van der Waals surface area contributed by atoms with Crippen molar-refractivity contribution in [2.75, 3.05) is 26.3 Å². The molecule has 0 unspecified atom stereocenters. The molecular weight excluding hydrogens is 270 g/mol. The summed E-state index contributed by atoms with van der Waals surface area (Å²) in [6, 6.07) is 7.38. The van der Waals surface area contributed by atoms with Crippen molar-refractivity contribution in [3.63, 3.8) is 0 Å². The first-order chi connectivity index (χ1) is 10.0. The monoisotopic (exact) mass is 289 g/mol. The van der Waals surface area contributed by atoms with Gasteiger partial charge in [-0.15, -0.1) is 0 Å². The highest BCUT2D eigenvalue weighted by atomic mass is 16.5. The summed E-state index contributed by atoms with van der Waals surface area (Å²) in [5.41, 5.74) is 0.872. The zero-order valence-corrected chi connectivity index (χ0v) is 12.0. The lowest BCUT2D eigenvalue weighted by Crippen LogP contribution is -2.45. The summed E-state index contributed by atoms with van der Waals surface area (Å²) in [5, 5.41) is 9.61. The van der Waals surface area contributed by atoms with Gasteiger partial charge < -0.3 is 14.7 Å². The first kappa shape index (κ1) is 14.1. The number of amides is 1. The number of benzene rings is 1. The summed E-state index contributed by atoms with van der Waals surface area (Å²) in [4.78, 5) is 25.9. The van der Waals surface area contributed by atoms with E-state index in [4.69, 9.17) is 4.74 Å². The molecule has 0 saturated carbocycles. The lowest BCUT2D eigenvalue weighted by Gasteiger charge is -2.33. The van der Waals surface area contributed by atoms with Crippen LogP contribution in [0.2, 0.25) is 0 Å².